The molecular weight excluding hydrogens is 414 g/mol. The quantitative estimate of drug-likeness (QED) is 0.623. The molecule has 3 atom stereocenters. The number of nitrogens with one attached hydrogen (secondary N) is 1. The standard InChI is InChI=1S/C26H31N5O2/c1-30-12-4-5-20(30)16-33-26-28-23-13-17(21-6-2-3-7-24(21)32)8-11-22(23)25(29-26)31-14-18-9-10-19(15-31)27-18/h2-3,6-8,11,13,18-20,27,32H,4-5,9-10,12,14-16H2,1H3/t18-,19+,20-/m0/s1. The first-order valence-corrected chi connectivity index (χ1v) is 12.1. The number of phenolic OH excluding ortho intramolecular Hbond substituents is 1. The van der Waals surface area contributed by atoms with Crippen molar-refractivity contribution in [1.82, 2.24) is 20.2 Å². The van der Waals surface area contributed by atoms with Crippen molar-refractivity contribution in [2.45, 2.75) is 43.8 Å². The maximum Gasteiger partial charge on any atom is 0.319 e. The molecular formula is C26H31N5O2. The zero-order valence-corrected chi connectivity index (χ0v) is 19.1. The second-order valence-electron chi connectivity index (χ2n) is 9.71. The van der Waals surface area contributed by atoms with E-state index in [1.54, 1.807) is 6.07 Å². The molecule has 2 bridgehead atoms. The van der Waals surface area contributed by atoms with E-state index in [1.807, 2.05) is 24.3 Å². The molecule has 0 radical (unpaired) electrons. The number of nitrogens with zero attached hydrogens (tertiary/aromatic N) is 4. The second kappa shape index (κ2) is 8.47. The number of anilines is 1. The highest BCUT2D eigenvalue weighted by molar-refractivity contribution is 5.93. The van der Waals surface area contributed by atoms with E-state index in [0.717, 1.165) is 53.9 Å². The molecule has 3 aliphatic heterocycles. The van der Waals surface area contributed by atoms with E-state index in [4.69, 9.17) is 14.7 Å². The molecule has 33 heavy (non-hydrogen) atoms. The molecule has 3 aliphatic rings. The zero-order valence-electron chi connectivity index (χ0n) is 19.1. The number of hydrogen-bond donors (Lipinski definition) is 2. The summed E-state index contributed by atoms with van der Waals surface area (Å²) in [5, 5.41) is 15.1. The summed E-state index contributed by atoms with van der Waals surface area (Å²) in [5.41, 5.74) is 2.59. The summed E-state index contributed by atoms with van der Waals surface area (Å²) in [7, 11) is 2.16. The van der Waals surface area contributed by atoms with Crippen LogP contribution in [0.25, 0.3) is 22.0 Å². The third-order valence-corrected chi connectivity index (χ3v) is 7.46. The third-order valence-electron chi connectivity index (χ3n) is 7.46. The minimum atomic E-state index is 0.269. The van der Waals surface area contributed by atoms with E-state index in [9.17, 15) is 5.11 Å². The first-order chi connectivity index (χ1) is 16.1. The Kier molecular flexibility index (Phi) is 5.31. The fourth-order valence-electron chi connectivity index (χ4n) is 5.61. The average Bonchev–Trinajstić information content (AvgIpc) is 3.40. The Morgan fingerprint density at radius 3 is 2.64 bits per heavy atom. The van der Waals surface area contributed by atoms with Crippen LogP contribution in [0.1, 0.15) is 25.7 Å². The number of hydrogen-bond acceptors (Lipinski definition) is 7. The molecule has 3 saturated heterocycles. The van der Waals surface area contributed by atoms with Gasteiger partial charge in [-0.2, -0.15) is 9.97 Å². The van der Waals surface area contributed by atoms with Gasteiger partial charge in [-0.1, -0.05) is 24.3 Å². The van der Waals surface area contributed by atoms with Crippen molar-refractivity contribution in [3.8, 4) is 22.9 Å². The number of benzene rings is 2. The van der Waals surface area contributed by atoms with Crippen molar-refractivity contribution < 1.29 is 9.84 Å². The molecule has 0 unspecified atom stereocenters. The Balaban J connectivity index is 1.39. The Bertz CT molecular complexity index is 1160. The summed E-state index contributed by atoms with van der Waals surface area (Å²) >= 11 is 0. The molecule has 0 amide bonds. The monoisotopic (exact) mass is 445 g/mol. The van der Waals surface area contributed by atoms with Crippen LogP contribution in [0.2, 0.25) is 0 Å². The summed E-state index contributed by atoms with van der Waals surface area (Å²) in [6.45, 7) is 3.63. The van der Waals surface area contributed by atoms with Gasteiger partial charge in [0.15, 0.2) is 0 Å². The van der Waals surface area contributed by atoms with Gasteiger partial charge in [0.1, 0.15) is 18.2 Å². The molecule has 7 nitrogen and oxygen atoms in total. The lowest BCUT2D eigenvalue weighted by molar-refractivity contribution is 0.188. The van der Waals surface area contributed by atoms with Crippen LogP contribution < -0.4 is 15.0 Å². The molecule has 0 saturated carbocycles. The van der Waals surface area contributed by atoms with Gasteiger partial charge in [-0.25, -0.2) is 0 Å². The number of fused-ring (bicyclic) bond motifs is 3. The number of likely N-dealkylation sites (N-methyl/N-ethyl adjacent to an activating group) is 1. The number of likely N-dealkylation sites (tertiary alicyclic amines) is 1. The van der Waals surface area contributed by atoms with E-state index in [1.165, 1.54) is 19.3 Å². The van der Waals surface area contributed by atoms with Crippen LogP contribution in [0.4, 0.5) is 5.82 Å². The van der Waals surface area contributed by atoms with Crippen molar-refractivity contribution in [1.29, 1.82) is 0 Å². The fraction of sp³-hybridized carbons (Fsp3) is 0.462. The Morgan fingerprint density at radius 1 is 1.06 bits per heavy atom. The maximum absolute atomic E-state index is 10.4. The van der Waals surface area contributed by atoms with Crippen molar-refractivity contribution >= 4 is 16.7 Å². The van der Waals surface area contributed by atoms with Crippen LogP contribution in [0.3, 0.4) is 0 Å². The third kappa shape index (κ3) is 4.00. The Hall–Kier alpha value is -2.90. The predicted molar refractivity (Wildman–Crippen MR) is 130 cm³/mol. The molecule has 172 valence electrons. The lowest BCUT2D eigenvalue weighted by Gasteiger charge is -2.34. The average molecular weight is 446 g/mol. The van der Waals surface area contributed by atoms with Gasteiger partial charge in [0.2, 0.25) is 0 Å². The molecule has 2 aromatic carbocycles. The highest BCUT2D eigenvalue weighted by atomic mass is 16.5. The van der Waals surface area contributed by atoms with Gasteiger partial charge >= 0.3 is 6.01 Å². The zero-order chi connectivity index (χ0) is 22.4. The largest absolute Gasteiger partial charge is 0.507 e. The molecule has 1 aromatic heterocycles. The Morgan fingerprint density at radius 2 is 1.88 bits per heavy atom. The van der Waals surface area contributed by atoms with Gasteiger partial charge < -0.3 is 25.0 Å². The van der Waals surface area contributed by atoms with Crippen LogP contribution in [0.15, 0.2) is 42.5 Å². The van der Waals surface area contributed by atoms with Crippen LogP contribution in [0, 0.1) is 0 Å². The molecule has 3 fully saturated rings. The summed E-state index contributed by atoms with van der Waals surface area (Å²) in [4.78, 5) is 14.5. The second-order valence-corrected chi connectivity index (χ2v) is 9.71. The van der Waals surface area contributed by atoms with Crippen molar-refractivity contribution in [2.75, 3.05) is 38.2 Å². The minimum Gasteiger partial charge on any atom is -0.507 e. The fourth-order valence-corrected chi connectivity index (χ4v) is 5.61. The van der Waals surface area contributed by atoms with E-state index in [0.29, 0.717) is 30.7 Å². The van der Waals surface area contributed by atoms with Crippen LogP contribution in [-0.2, 0) is 0 Å². The van der Waals surface area contributed by atoms with Crippen molar-refractivity contribution in [3.63, 3.8) is 0 Å². The van der Waals surface area contributed by atoms with Gasteiger partial charge in [-0.05, 0) is 63.0 Å². The van der Waals surface area contributed by atoms with Crippen LogP contribution in [0.5, 0.6) is 11.8 Å². The number of phenols is 1. The number of piperazine rings is 1. The lowest BCUT2D eigenvalue weighted by Crippen LogP contribution is -2.51. The van der Waals surface area contributed by atoms with Gasteiger partial charge in [-0.3, -0.25) is 0 Å². The molecule has 3 aromatic rings. The summed E-state index contributed by atoms with van der Waals surface area (Å²) in [6, 6.07) is 15.5. The minimum absolute atomic E-state index is 0.269. The van der Waals surface area contributed by atoms with E-state index >= 15 is 0 Å². The van der Waals surface area contributed by atoms with E-state index < -0.39 is 0 Å². The van der Waals surface area contributed by atoms with Crippen molar-refractivity contribution in [3.05, 3.63) is 42.5 Å². The number of aromatic hydroxyl groups is 1. The molecule has 6 rings (SSSR count). The van der Waals surface area contributed by atoms with Crippen LogP contribution in [-0.4, -0.2) is 71.4 Å². The number of aromatic nitrogens is 2. The van der Waals surface area contributed by atoms with E-state index in [-0.39, 0.29) is 5.75 Å². The number of para-hydroxylation sites is 1. The highest BCUT2D eigenvalue weighted by Crippen LogP contribution is 2.35. The van der Waals surface area contributed by atoms with Gasteiger partial charge in [0, 0.05) is 42.2 Å². The summed E-state index contributed by atoms with van der Waals surface area (Å²) in [6.07, 6.45) is 4.80. The van der Waals surface area contributed by atoms with Gasteiger partial charge in [0.05, 0.1) is 5.52 Å². The summed E-state index contributed by atoms with van der Waals surface area (Å²) < 4.78 is 6.18. The predicted octanol–water partition coefficient (Wildman–Crippen LogP) is 3.42. The normalized spacial score (nSPS) is 25.1. The molecule has 7 heteroatoms. The maximum atomic E-state index is 10.4. The van der Waals surface area contributed by atoms with E-state index in [2.05, 4.69) is 34.3 Å². The summed E-state index contributed by atoms with van der Waals surface area (Å²) in [5.74, 6) is 1.22. The first kappa shape index (κ1) is 20.7. The van der Waals surface area contributed by atoms with Gasteiger partial charge in [-0.15, -0.1) is 0 Å². The molecule has 0 aliphatic carbocycles. The molecule has 4 heterocycles. The van der Waals surface area contributed by atoms with Crippen LogP contribution >= 0.6 is 0 Å². The smallest absolute Gasteiger partial charge is 0.319 e. The first-order valence-electron chi connectivity index (χ1n) is 12.1. The van der Waals surface area contributed by atoms with Crippen molar-refractivity contribution in [2.24, 2.45) is 0 Å². The Labute approximate surface area is 194 Å². The SMILES string of the molecule is CN1CCC[C@H]1COc1nc(N2C[C@H]3CC[C@@H](C2)N3)c2ccc(-c3ccccc3O)cc2n1. The highest BCUT2D eigenvalue weighted by Gasteiger charge is 2.33. The molecule has 2 N–H and O–H groups in total. The number of ether oxygens (including phenoxy) is 1. The molecule has 0 spiro atoms. The lowest BCUT2D eigenvalue weighted by atomic mass is 10.0. The van der Waals surface area contributed by atoms with Gasteiger partial charge in [0.25, 0.3) is 0 Å². The number of rotatable bonds is 5. The topological polar surface area (TPSA) is 73.8 Å².